The van der Waals surface area contributed by atoms with Crippen molar-refractivity contribution in [1.82, 2.24) is 5.32 Å². The molecule has 100 valence electrons. The molecule has 1 aromatic carbocycles. The van der Waals surface area contributed by atoms with Crippen LogP contribution in [0.1, 0.15) is 24.2 Å². The summed E-state index contributed by atoms with van der Waals surface area (Å²) in [6, 6.07) is 5.40. The first-order valence-electron chi connectivity index (χ1n) is 6.01. The van der Waals surface area contributed by atoms with Crippen molar-refractivity contribution in [1.29, 1.82) is 0 Å². The average molecular weight is 251 g/mol. The minimum Gasteiger partial charge on any atom is -0.397 e. The van der Waals surface area contributed by atoms with E-state index in [4.69, 9.17) is 10.5 Å². The average Bonchev–Trinajstić information content (AvgIpc) is 2.32. The summed E-state index contributed by atoms with van der Waals surface area (Å²) in [4.78, 5) is 11.6. The first kappa shape index (κ1) is 14.3. The van der Waals surface area contributed by atoms with Gasteiger partial charge >= 0.3 is 0 Å². The highest BCUT2D eigenvalue weighted by Gasteiger charge is 2.08. The van der Waals surface area contributed by atoms with Crippen LogP contribution in [0.25, 0.3) is 0 Å². The predicted octanol–water partition coefficient (Wildman–Crippen LogP) is 1.47. The van der Waals surface area contributed by atoms with Crippen LogP contribution in [0.5, 0.6) is 0 Å². The van der Waals surface area contributed by atoms with E-state index < -0.39 is 0 Å². The van der Waals surface area contributed by atoms with Crippen molar-refractivity contribution < 1.29 is 9.53 Å². The Bertz CT molecular complexity index is 407. The van der Waals surface area contributed by atoms with Gasteiger partial charge in [0.25, 0.3) is 5.91 Å². The maximum Gasteiger partial charge on any atom is 0.251 e. The quantitative estimate of drug-likeness (QED) is 0.669. The summed E-state index contributed by atoms with van der Waals surface area (Å²) in [6.07, 6.45) is 0. The molecule has 1 atom stereocenters. The molecule has 1 unspecified atom stereocenters. The number of hydrogen-bond acceptors (Lipinski definition) is 4. The molecule has 0 heterocycles. The molecule has 0 aliphatic carbocycles. The number of carbonyl (C=O) groups excluding carboxylic acids is 1. The molecule has 1 aromatic rings. The van der Waals surface area contributed by atoms with Crippen molar-refractivity contribution in [2.75, 3.05) is 31.3 Å². The van der Waals surface area contributed by atoms with Gasteiger partial charge in [-0.2, -0.15) is 0 Å². The molecule has 5 heteroatoms. The van der Waals surface area contributed by atoms with E-state index in [0.29, 0.717) is 24.4 Å². The number of carbonyl (C=O) groups is 1. The van der Waals surface area contributed by atoms with Crippen LogP contribution in [-0.4, -0.2) is 32.2 Å². The van der Waals surface area contributed by atoms with Gasteiger partial charge in [0.05, 0.1) is 18.0 Å². The van der Waals surface area contributed by atoms with Crippen LogP contribution < -0.4 is 16.4 Å². The molecular formula is C13H21N3O2. The van der Waals surface area contributed by atoms with E-state index in [0.717, 1.165) is 5.69 Å². The number of amides is 1. The Morgan fingerprint density at radius 3 is 2.78 bits per heavy atom. The third kappa shape index (κ3) is 3.92. The predicted molar refractivity (Wildman–Crippen MR) is 73.8 cm³/mol. The van der Waals surface area contributed by atoms with Gasteiger partial charge in [0.1, 0.15) is 0 Å². The Morgan fingerprint density at radius 2 is 2.22 bits per heavy atom. The number of methoxy groups -OCH3 is 1. The number of nitrogen functional groups attached to an aromatic ring is 1. The van der Waals surface area contributed by atoms with Gasteiger partial charge in [0.15, 0.2) is 0 Å². The van der Waals surface area contributed by atoms with Gasteiger partial charge in [-0.3, -0.25) is 4.79 Å². The lowest BCUT2D eigenvalue weighted by Gasteiger charge is -2.16. The van der Waals surface area contributed by atoms with Crippen LogP contribution >= 0.6 is 0 Å². The number of benzene rings is 1. The number of ether oxygens (including phenoxy) is 1. The van der Waals surface area contributed by atoms with Crippen molar-refractivity contribution in [2.45, 2.75) is 19.9 Å². The highest BCUT2D eigenvalue weighted by Crippen LogP contribution is 2.20. The second-order valence-electron chi connectivity index (χ2n) is 4.16. The fraction of sp³-hybridized carbons (Fsp3) is 0.462. The Kier molecular flexibility index (Phi) is 5.45. The highest BCUT2D eigenvalue weighted by molar-refractivity contribution is 5.96. The third-order valence-electron chi connectivity index (χ3n) is 2.47. The van der Waals surface area contributed by atoms with E-state index >= 15 is 0 Å². The maximum atomic E-state index is 11.6. The van der Waals surface area contributed by atoms with Gasteiger partial charge in [0, 0.05) is 25.3 Å². The number of nitrogens with two attached hydrogens (primary N) is 1. The van der Waals surface area contributed by atoms with Gasteiger partial charge < -0.3 is 21.1 Å². The van der Waals surface area contributed by atoms with Crippen molar-refractivity contribution in [3.63, 3.8) is 0 Å². The smallest absolute Gasteiger partial charge is 0.251 e. The zero-order valence-corrected chi connectivity index (χ0v) is 11.1. The molecule has 1 rings (SSSR count). The van der Waals surface area contributed by atoms with Crippen LogP contribution in [0.3, 0.4) is 0 Å². The summed E-state index contributed by atoms with van der Waals surface area (Å²) >= 11 is 0. The first-order chi connectivity index (χ1) is 8.58. The highest BCUT2D eigenvalue weighted by atomic mass is 16.5. The molecule has 0 spiro atoms. The molecule has 18 heavy (non-hydrogen) atoms. The molecule has 0 bridgehead atoms. The van der Waals surface area contributed by atoms with E-state index in [-0.39, 0.29) is 11.9 Å². The van der Waals surface area contributed by atoms with Gasteiger partial charge in [-0.1, -0.05) is 0 Å². The summed E-state index contributed by atoms with van der Waals surface area (Å²) in [6.45, 7) is 5.07. The number of rotatable bonds is 6. The van der Waals surface area contributed by atoms with E-state index in [1.807, 2.05) is 19.9 Å². The van der Waals surface area contributed by atoms with E-state index in [2.05, 4.69) is 10.6 Å². The van der Waals surface area contributed by atoms with Crippen LogP contribution in [0.2, 0.25) is 0 Å². The molecule has 0 radical (unpaired) electrons. The van der Waals surface area contributed by atoms with Gasteiger partial charge in [-0.25, -0.2) is 0 Å². The van der Waals surface area contributed by atoms with Crippen molar-refractivity contribution in [3.05, 3.63) is 23.8 Å². The van der Waals surface area contributed by atoms with Gasteiger partial charge in [-0.15, -0.1) is 0 Å². The summed E-state index contributed by atoms with van der Waals surface area (Å²) in [5.41, 5.74) is 7.85. The van der Waals surface area contributed by atoms with Crippen molar-refractivity contribution in [3.8, 4) is 0 Å². The SMILES string of the molecule is CCNC(=O)c1ccc(NC(C)COC)c(N)c1. The molecule has 0 aliphatic heterocycles. The molecule has 0 aromatic heterocycles. The summed E-state index contributed by atoms with van der Waals surface area (Å²) in [5, 5.41) is 5.96. The van der Waals surface area contributed by atoms with E-state index in [9.17, 15) is 4.79 Å². The normalized spacial score (nSPS) is 11.9. The van der Waals surface area contributed by atoms with E-state index in [1.165, 1.54) is 0 Å². The molecule has 0 saturated carbocycles. The number of hydrogen-bond donors (Lipinski definition) is 3. The minimum absolute atomic E-state index is 0.110. The molecule has 4 N–H and O–H groups in total. The fourth-order valence-electron chi connectivity index (χ4n) is 1.66. The van der Waals surface area contributed by atoms with Crippen LogP contribution in [-0.2, 0) is 4.74 Å². The minimum atomic E-state index is -0.110. The second kappa shape index (κ2) is 6.86. The standard InChI is InChI=1S/C13H21N3O2/c1-4-15-13(17)10-5-6-12(11(14)7-10)16-9(2)8-18-3/h5-7,9,16H,4,8,14H2,1-3H3,(H,15,17). The zero-order valence-electron chi connectivity index (χ0n) is 11.1. The Labute approximate surface area is 108 Å². The topological polar surface area (TPSA) is 76.4 Å². The second-order valence-corrected chi connectivity index (χ2v) is 4.16. The molecule has 0 fully saturated rings. The molecule has 0 saturated heterocycles. The van der Waals surface area contributed by atoms with Gasteiger partial charge in [-0.05, 0) is 32.0 Å². The molecule has 1 amide bonds. The lowest BCUT2D eigenvalue weighted by atomic mass is 10.1. The summed E-state index contributed by atoms with van der Waals surface area (Å²) in [5.74, 6) is -0.110. The third-order valence-corrected chi connectivity index (χ3v) is 2.47. The zero-order chi connectivity index (χ0) is 13.5. The summed E-state index contributed by atoms with van der Waals surface area (Å²) in [7, 11) is 1.65. The van der Waals surface area contributed by atoms with Gasteiger partial charge in [0.2, 0.25) is 0 Å². The van der Waals surface area contributed by atoms with Crippen LogP contribution in [0, 0.1) is 0 Å². The van der Waals surface area contributed by atoms with Crippen molar-refractivity contribution >= 4 is 17.3 Å². The Hall–Kier alpha value is -1.75. The number of nitrogens with one attached hydrogen (secondary N) is 2. The number of anilines is 2. The lowest BCUT2D eigenvalue weighted by molar-refractivity contribution is 0.0956. The van der Waals surface area contributed by atoms with Crippen LogP contribution in [0.4, 0.5) is 11.4 Å². The summed E-state index contributed by atoms with van der Waals surface area (Å²) < 4.78 is 5.04. The Morgan fingerprint density at radius 1 is 1.50 bits per heavy atom. The lowest BCUT2D eigenvalue weighted by Crippen LogP contribution is -2.24. The maximum absolute atomic E-state index is 11.6. The van der Waals surface area contributed by atoms with E-state index in [1.54, 1.807) is 19.2 Å². The molecule has 5 nitrogen and oxygen atoms in total. The fourth-order valence-corrected chi connectivity index (χ4v) is 1.66. The largest absolute Gasteiger partial charge is 0.397 e. The van der Waals surface area contributed by atoms with Crippen molar-refractivity contribution in [2.24, 2.45) is 0 Å². The molecular weight excluding hydrogens is 230 g/mol. The monoisotopic (exact) mass is 251 g/mol. The van der Waals surface area contributed by atoms with Crippen LogP contribution in [0.15, 0.2) is 18.2 Å². The Balaban J connectivity index is 2.76. The first-order valence-corrected chi connectivity index (χ1v) is 6.01. The molecule has 0 aliphatic rings.